The lowest BCUT2D eigenvalue weighted by Crippen LogP contribution is -1.91. The SMILES string of the molecule is [B][B][B]S. The van der Waals surface area contributed by atoms with Crippen LogP contribution in [0.5, 0.6) is 0 Å². The molecule has 0 aliphatic carbocycles. The Labute approximate surface area is 34.5 Å². The molecular weight excluding hydrogens is 64.5 g/mol. The van der Waals surface area contributed by atoms with Crippen molar-refractivity contribution in [3.8, 4) is 0 Å². The standard InChI is InChI=1S/B3HS/c1-2-3-4/h4H. The van der Waals surface area contributed by atoms with Crippen molar-refractivity contribution < 1.29 is 0 Å². The van der Waals surface area contributed by atoms with Crippen molar-refractivity contribution in [1.29, 1.82) is 0 Å². The van der Waals surface area contributed by atoms with E-state index in [1.54, 1.807) is 0 Å². The summed E-state index contributed by atoms with van der Waals surface area (Å²) in [6.45, 7) is 0. The summed E-state index contributed by atoms with van der Waals surface area (Å²) < 4.78 is 0. The van der Waals surface area contributed by atoms with E-state index in [2.05, 4.69) is 12.5 Å². The van der Waals surface area contributed by atoms with Gasteiger partial charge < -0.3 is 0 Å². The smallest absolute Gasteiger partial charge is 0.130 e. The first-order valence-electron chi connectivity index (χ1n) is 0.925. The molecule has 0 nitrogen and oxygen atoms in total. The third kappa shape index (κ3) is 2.54. The molecule has 0 aliphatic rings. The second kappa shape index (κ2) is 3.54. The van der Waals surface area contributed by atoms with Crippen molar-refractivity contribution in [2.45, 2.75) is 0 Å². The maximum atomic E-state index is 4.77. The van der Waals surface area contributed by atoms with Gasteiger partial charge >= 0.3 is 0 Å². The van der Waals surface area contributed by atoms with E-state index < -0.39 is 0 Å². The van der Waals surface area contributed by atoms with Gasteiger partial charge in [-0.15, -0.1) is 0 Å². The quantitative estimate of drug-likeness (QED) is 0.301. The van der Waals surface area contributed by atoms with Crippen molar-refractivity contribution in [1.82, 2.24) is 0 Å². The Morgan fingerprint density at radius 2 is 2.00 bits per heavy atom. The van der Waals surface area contributed by atoms with E-state index in [1.165, 1.54) is 13.5 Å². The van der Waals surface area contributed by atoms with Gasteiger partial charge in [0.1, 0.15) is 6.45 Å². The molecule has 0 amide bonds. The molecular formula is HB3S. The summed E-state index contributed by atoms with van der Waals surface area (Å²) in [5, 5.41) is 0. The van der Waals surface area contributed by atoms with Gasteiger partial charge in [-0.2, -0.15) is 0 Å². The summed E-state index contributed by atoms with van der Waals surface area (Å²) >= 11 is 3.61. The zero-order chi connectivity index (χ0) is 3.41. The molecule has 0 N–H and O–H groups in total. The third-order valence-corrected chi connectivity index (χ3v) is 0.258. The number of thiol groups is 1. The first-order chi connectivity index (χ1) is 1.91. The fourth-order valence-corrected chi connectivity index (χ4v) is 0. The highest BCUT2D eigenvalue weighted by molar-refractivity contribution is 8.13. The van der Waals surface area contributed by atoms with Crippen LogP contribution in [0, 0.1) is 0 Å². The molecule has 0 unspecified atom stereocenters. The molecule has 4 radical (unpaired) electrons. The molecule has 0 heterocycles. The van der Waals surface area contributed by atoms with Crippen molar-refractivity contribution in [3.05, 3.63) is 0 Å². The van der Waals surface area contributed by atoms with Crippen molar-refractivity contribution >= 4 is 33.7 Å². The second-order valence-corrected chi connectivity index (χ2v) is 0.640. The van der Waals surface area contributed by atoms with E-state index in [0.717, 1.165) is 0 Å². The van der Waals surface area contributed by atoms with Crippen LogP contribution in [0.25, 0.3) is 0 Å². The first-order valence-corrected chi connectivity index (χ1v) is 1.44. The van der Waals surface area contributed by atoms with E-state index >= 15 is 0 Å². The summed E-state index contributed by atoms with van der Waals surface area (Å²) in [5.41, 5.74) is 0. The fourth-order valence-electron chi connectivity index (χ4n) is 0. The summed E-state index contributed by atoms with van der Waals surface area (Å²) in [7, 11) is 6.14. The maximum Gasteiger partial charge on any atom is 0.130 e. The number of hydrogen-bond acceptors (Lipinski definition) is 1. The van der Waals surface area contributed by atoms with Gasteiger partial charge in [-0.3, -0.25) is 0 Å². The largest absolute Gasteiger partial charge is 0.246 e. The van der Waals surface area contributed by atoms with Crippen LogP contribution in [0.4, 0.5) is 0 Å². The van der Waals surface area contributed by atoms with Crippen LogP contribution in [-0.2, 0) is 0 Å². The van der Waals surface area contributed by atoms with Gasteiger partial charge in [0.05, 0.1) is 0 Å². The molecule has 0 atom stereocenters. The molecule has 0 aromatic carbocycles. The molecule has 16 valence electrons. The zero-order valence-electron chi connectivity index (χ0n) is 2.18. The highest BCUT2D eigenvalue weighted by Gasteiger charge is 1.65. The van der Waals surface area contributed by atoms with Gasteiger partial charge in [0.25, 0.3) is 0 Å². The molecule has 0 bridgehead atoms. The molecule has 4 heteroatoms. The van der Waals surface area contributed by atoms with Crippen molar-refractivity contribution in [2.24, 2.45) is 0 Å². The molecule has 0 saturated carbocycles. The van der Waals surface area contributed by atoms with Gasteiger partial charge in [0.2, 0.25) is 0 Å². The van der Waals surface area contributed by atoms with Crippen LogP contribution >= 0.6 is 12.5 Å². The predicted molar refractivity (Wildman–Crippen MR) is 26.2 cm³/mol. The molecule has 4 heavy (non-hydrogen) atoms. The van der Waals surface area contributed by atoms with Crippen LogP contribution in [0.15, 0.2) is 0 Å². The minimum atomic E-state index is 1.36. The molecule has 0 saturated heterocycles. The second-order valence-electron chi connectivity index (χ2n) is 0.342. The van der Waals surface area contributed by atoms with Gasteiger partial charge in [-0.1, -0.05) is 0 Å². The minimum absolute atomic E-state index is 1.36. The lowest BCUT2D eigenvalue weighted by Gasteiger charge is -1.60. The molecule has 0 fully saturated rings. The van der Waals surface area contributed by atoms with Crippen LogP contribution in [0.3, 0.4) is 0 Å². The zero-order valence-corrected chi connectivity index (χ0v) is 3.07. The topological polar surface area (TPSA) is 0 Å². The van der Waals surface area contributed by atoms with Gasteiger partial charge in [-0.05, 0) is 0 Å². The number of hydrogen-bond donors (Lipinski definition) is 1. The van der Waals surface area contributed by atoms with Crippen LogP contribution < -0.4 is 0 Å². The van der Waals surface area contributed by atoms with Gasteiger partial charge in [0, 0.05) is 14.8 Å². The number of rotatable bonds is 1. The van der Waals surface area contributed by atoms with E-state index in [4.69, 9.17) is 7.74 Å². The Kier molecular flexibility index (Phi) is 4.03. The summed E-state index contributed by atoms with van der Waals surface area (Å²) in [6, 6.07) is 0. The van der Waals surface area contributed by atoms with E-state index in [0.29, 0.717) is 0 Å². The predicted octanol–water partition coefficient (Wildman–Crippen LogP) is -0.762. The average Bonchev–Trinajstić information content (AvgIpc) is 1.37. The highest BCUT2D eigenvalue weighted by Crippen LogP contribution is 1.51. The molecule has 0 aliphatic heterocycles. The molecule has 0 aromatic heterocycles. The third-order valence-electron chi connectivity index (χ3n) is 0.0861. The maximum absolute atomic E-state index is 4.77. The Morgan fingerprint density at radius 1 is 1.75 bits per heavy atom. The molecule has 0 spiro atoms. The minimum Gasteiger partial charge on any atom is -0.246 e. The van der Waals surface area contributed by atoms with Crippen LogP contribution in [0.1, 0.15) is 0 Å². The van der Waals surface area contributed by atoms with Crippen LogP contribution in [-0.4, -0.2) is 21.2 Å². The van der Waals surface area contributed by atoms with Crippen molar-refractivity contribution in [2.75, 3.05) is 0 Å². The fraction of sp³-hybridized carbons (Fsp3) is 0. The van der Waals surface area contributed by atoms with E-state index in [9.17, 15) is 0 Å². The Balaban J connectivity index is 1.97. The summed E-state index contributed by atoms with van der Waals surface area (Å²) in [4.78, 5) is 0. The lowest BCUT2D eigenvalue weighted by atomic mass is 9.39. The molecule has 0 aromatic rings. The highest BCUT2D eigenvalue weighted by atomic mass is 32.1. The van der Waals surface area contributed by atoms with E-state index in [-0.39, 0.29) is 0 Å². The van der Waals surface area contributed by atoms with Crippen LogP contribution in [0.2, 0.25) is 0 Å². The van der Waals surface area contributed by atoms with Gasteiger partial charge in [-0.25, -0.2) is 12.5 Å². The summed E-state index contributed by atoms with van der Waals surface area (Å²) in [6.07, 6.45) is 1.47. The summed E-state index contributed by atoms with van der Waals surface area (Å²) in [5.74, 6) is 0. The normalized spacial score (nSPS) is 5.25. The van der Waals surface area contributed by atoms with Crippen molar-refractivity contribution in [3.63, 3.8) is 0 Å². The Bertz CT molecular complexity index is 5.25. The first kappa shape index (κ1) is 4.54. The van der Waals surface area contributed by atoms with Gasteiger partial charge in [0.15, 0.2) is 0 Å². The Morgan fingerprint density at radius 3 is 2.00 bits per heavy atom. The monoisotopic (exact) mass is 66.0 g/mol. The molecule has 0 rings (SSSR count). The Hall–Kier alpha value is 0.545. The lowest BCUT2D eigenvalue weighted by molar-refractivity contribution is 4.25. The van der Waals surface area contributed by atoms with E-state index in [1.807, 2.05) is 0 Å². The average molecular weight is 65.5 g/mol.